The zero-order valence-electron chi connectivity index (χ0n) is 8.32. The summed E-state index contributed by atoms with van der Waals surface area (Å²) in [6.45, 7) is 0.964. The third-order valence-electron chi connectivity index (χ3n) is 1.27. The number of hydrogen-bond donors (Lipinski definition) is 2. The lowest BCUT2D eigenvalue weighted by Gasteiger charge is -2.02. The minimum Gasteiger partial charge on any atom is -0.396 e. The normalized spacial score (nSPS) is 10.1. The second-order valence-electron chi connectivity index (χ2n) is 2.39. The van der Waals surface area contributed by atoms with Gasteiger partial charge in [-0.25, -0.2) is 0 Å². The third kappa shape index (κ3) is 10.6. The largest absolute Gasteiger partial charge is 0.396 e. The highest BCUT2D eigenvalue weighted by atomic mass is 32.2. The molecule has 1 amide bonds. The summed E-state index contributed by atoms with van der Waals surface area (Å²) in [5, 5.41) is 11.4. The van der Waals surface area contributed by atoms with E-state index in [0.29, 0.717) is 0 Å². The van der Waals surface area contributed by atoms with Crippen LogP contribution < -0.4 is 5.32 Å². The molecule has 0 unspecified atom stereocenters. The van der Waals surface area contributed by atoms with Gasteiger partial charge in [-0.05, 0) is 6.26 Å². The van der Waals surface area contributed by atoms with E-state index in [1.165, 1.54) is 11.8 Å². The molecule has 0 aromatic heterocycles. The summed E-state index contributed by atoms with van der Waals surface area (Å²) in [6, 6.07) is 0. The molecule has 0 aliphatic carbocycles. The van der Waals surface area contributed by atoms with E-state index in [4.69, 9.17) is 5.11 Å². The molecule has 2 N–H and O–H groups in total. The van der Waals surface area contributed by atoms with Crippen LogP contribution in [0.4, 0.5) is 4.79 Å². The van der Waals surface area contributed by atoms with Gasteiger partial charge in [0, 0.05) is 29.6 Å². The first-order valence-corrected chi connectivity index (χ1v) is 7.93. The van der Waals surface area contributed by atoms with Gasteiger partial charge in [0.05, 0.1) is 6.61 Å². The molecule has 0 rings (SSSR count). The highest BCUT2D eigenvalue weighted by Gasteiger charge is 1.99. The van der Waals surface area contributed by atoms with Crippen LogP contribution in [0.1, 0.15) is 0 Å². The summed E-state index contributed by atoms with van der Waals surface area (Å²) in [7, 11) is 0. The summed E-state index contributed by atoms with van der Waals surface area (Å²) in [5.41, 5.74) is 0. The molecule has 0 saturated heterocycles. The van der Waals surface area contributed by atoms with Crippen LogP contribution in [0.5, 0.6) is 0 Å². The van der Waals surface area contributed by atoms with E-state index in [2.05, 4.69) is 5.32 Å². The minimum absolute atomic E-state index is 0.0589. The summed E-state index contributed by atoms with van der Waals surface area (Å²) >= 11 is 4.71. The number of aliphatic hydroxyl groups excluding tert-OH is 1. The van der Waals surface area contributed by atoms with Crippen molar-refractivity contribution in [3.63, 3.8) is 0 Å². The maximum absolute atomic E-state index is 11.1. The van der Waals surface area contributed by atoms with Crippen molar-refractivity contribution in [2.75, 3.05) is 42.4 Å². The molecule has 0 atom stereocenters. The molecule has 0 aromatic rings. The van der Waals surface area contributed by atoms with E-state index in [9.17, 15) is 4.79 Å². The standard InChI is InChI=1S/C8H17NO2S3/c1-12-4-2-9-8(11)14-7-6-13-5-3-10/h10H,2-7H2,1H3,(H,9,11). The van der Waals surface area contributed by atoms with Gasteiger partial charge in [0.1, 0.15) is 0 Å². The van der Waals surface area contributed by atoms with Crippen LogP contribution in [0.25, 0.3) is 0 Å². The van der Waals surface area contributed by atoms with E-state index >= 15 is 0 Å². The fraction of sp³-hybridized carbons (Fsp3) is 0.875. The van der Waals surface area contributed by atoms with Crippen molar-refractivity contribution < 1.29 is 9.90 Å². The Kier molecular flexibility index (Phi) is 12.0. The van der Waals surface area contributed by atoms with E-state index in [1.54, 1.807) is 23.5 Å². The molecular formula is C8H17NO2S3. The molecule has 0 saturated carbocycles. The van der Waals surface area contributed by atoms with E-state index in [0.717, 1.165) is 29.6 Å². The van der Waals surface area contributed by atoms with Crippen LogP contribution in [0.15, 0.2) is 0 Å². The Morgan fingerprint density at radius 1 is 1.29 bits per heavy atom. The first-order valence-electron chi connectivity index (χ1n) is 4.39. The number of carbonyl (C=O) groups excluding carboxylic acids is 1. The van der Waals surface area contributed by atoms with Gasteiger partial charge in [0.2, 0.25) is 0 Å². The van der Waals surface area contributed by atoms with Crippen LogP contribution >= 0.6 is 35.3 Å². The van der Waals surface area contributed by atoms with Gasteiger partial charge in [-0.1, -0.05) is 11.8 Å². The van der Waals surface area contributed by atoms with Crippen molar-refractivity contribution >= 4 is 40.5 Å². The van der Waals surface area contributed by atoms with Crippen molar-refractivity contribution in [1.82, 2.24) is 5.32 Å². The molecule has 0 aliphatic rings. The summed E-state index contributed by atoms with van der Waals surface area (Å²) < 4.78 is 0. The molecule has 0 aliphatic heterocycles. The quantitative estimate of drug-likeness (QED) is 0.644. The Labute approximate surface area is 98.2 Å². The van der Waals surface area contributed by atoms with Gasteiger partial charge in [-0.3, -0.25) is 4.79 Å². The lowest BCUT2D eigenvalue weighted by atomic mass is 10.8. The highest BCUT2D eigenvalue weighted by Crippen LogP contribution is 2.07. The molecule has 0 radical (unpaired) electrons. The van der Waals surface area contributed by atoms with E-state index in [1.807, 2.05) is 6.26 Å². The summed E-state index contributed by atoms with van der Waals surface area (Å²) in [4.78, 5) is 11.1. The van der Waals surface area contributed by atoms with Gasteiger partial charge < -0.3 is 10.4 Å². The second kappa shape index (κ2) is 11.6. The average Bonchev–Trinajstić information content (AvgIpc) is 2.18. The third-order valence-corrected chi connectivity index (χ3v) is 3.92. The molecule has 0 aromatic carbocycles. The van der Waals surface area contributed by atoms with Gasteiger partial charge in [0.25, 0.3) is 5.24 Å². The smallest absolute Gasteiger partial charge is 0.279 e. The average molecular weight is 255 g/mol. The number of nitrogens with one attached hydrogen (secondary N) is 1. The molecule has 6 heteroatoms. The summed E-state index contributed by atoms with van der Waals surface area (Å²) in [6.07, 6.45) is 2.02. The van der Waals surface area contributed by atoms with Crippen molar-refractivity contribution in [2.24, 2.45) is 0 Å². The fourth-order valence-corrected chi connectivity index (χ4v) is 2.50. The first kappa shape index (κ1) is 14.5. The predicted octanol–water partition coefficient (Wildman–Crippen LogP) is 1.52. The zero-order chi connectivity index (χ0) is 10.6. The van der Waals surface area contributed by atoms with Crippen molar-refractivity contribution in [2.45, 2.75) is 0 Å². The Morgan fingerprint density at radius 2 is 2.07 bits per heavy atom. The molecule has 0 spiro atoms. The Morgan fingerprint density at radius 3 is 2.71 bits per heavy atom. The molecule has 14 heavy (non-hydrogen) atoms. The van der Waals surface area contributed by atoms with Gasteiger partial charge in [-0.15, -0.1) is 0 Å². The monoisotopic (exact) mass is 255 g/mol. The lowest BCUT2D eigenvalue weighted by molar-refractivity contribution is 0.261. The molecular weight excluding hydrogens is 238 g/mol. The van der Waals surface area contributed by atoms with Crippen molar-refractivity contribution in [1.29, 1.82) is 0 Å². The maximum atomic E-state index is 11.1. The minimum atomic E-state index is 0.0589. The van der Waals surface area contributed by atoms with E-state index in [-0.39, 0.29) is 11.8 Å². The second-order valence-corrected chi connectivity index (χ2v) is 5.67. The first-order chi connectivity index (χ1) is 6.81. The molecule has 0 fully saturated rings. The van der Waals surface area contributed by atoms with Crippen molar-refractivity contribution in [3.05, 3.63) is 0 Å². The number of thioether (sulfide) groups is 3. The summed E-state index contributed by atoms with van der Waals surface area (Å²) in [5.74, 6) is 3.46. The zero-order valence-corrected chi connectivity index (χ0v) is 10.8. The van der Waals surface area contributed by atoms with Crippen LogP contribution in [0, 0.1) is 0 Å². The van der Waals surface area contributed by atoms with E-state index < -0.39 is 0 Å². The topological polar surface area (TPSA) is 49.3 Å². The number of amides is 1. The number of hydrogen-bond acceptors (Lipinski definition) is 5. The van der Waals surface area contributed by atoms with Gasteiger partial charge >= 0.3 is 0 Å². The molecule has 0 bridgehead atoms. The SMILES string of the molecule is CSCCNC(=O)SCCSCCO. The van der Waals surface area contributed by atoms with Crippen molar-refractivity contribution in [3.8, 4) is 0 Å². The van der Waals surface area contributed by atoms with Gasteiger partial charge in [0.15, 0.2) is 0 Å². The predicted molar refractivity (Wildman–Crippen MR) is 68.6 cm³/mol. The highest BCUT2D eigenvalue weighted by molar-refractivity contribution is 8.14. The molecule has 3 nitrogen and oxygen atoms in total. The van der Waals surface area contributed by atoms with Crippen LogP contribution in [-0.4, -0.2) is 52.8 Å². The fourth-order valence-electron chi connectivity index (χ4n) is 0.666. The van der Waals surface area contributed by atoms with Gasteiger partial charge in [-0.2, -0.15) is 23.5 Å². The number of aliphatic hydroxyl groups is 1. The lowest BCUT2D eigenvalue weighted by Crippen LogP contribution is -2.21. The van der Waals surface area contributed by atoms with Crippen LogP contribution in [0.2, 0.25) is 0 Å². The Hall–Kier alpha value is 0.480. The number of carbonyl (C=O) groups is 1. The maximum Gasteiger partial charge on any atom is 0.279 e. The molecule has 0 heterocycles. The molecule has 84 valence electrons. The Bertz CT molecular complexity index is 147. The van der Waals surface area contributed by atoms with Crippen LogP contribution in [-0.2, 0) is 0 Å². The number of rotatable bonds is 8. The van der Waals surface area contributed by atoms with Crippen LogP contribution in [0.3, 0.4) is 0 Å². The Balaban J connectivity index is 3.10.